The van der Waals surface area contributed by atoms with Crippen LogP contribution in [0.1, 0.15) is 24.2 Å². The van der Waals surface area contributed by atoms with Crippen LogP contribution in [0.25, 0.3) is 0 Å². The molecule has 30 heavy (non-hydrogen) atoms. The Morgan fingerprint density at radius 1 is 1.10 bits per heavy atom. The van der Waals surface area contributed by atoms with E-state index in [4.69, 9.17) is 21.1 Å². The number of amides is 1. The minimum Gasteiger partial charge on any atom is -0.495 e. The molecule has 162 valence electrons. The van der Waals surface area contributed by atoms with E-state index in [2.05, 4.69) is 5.32 Å². The summed E-state index contributed by atoms with van der Waals surface area (Å²) in [5.41, 5.74) is 0.398. The number of carbonyl (C=O) groups is 2. The van der Waals surface area contributed by atoms with Gasteiger partial charge in [-0.25, -0.2) is 13.2 Å². The Morgan fingerprint density at radius 2 is 1.77 bits per heavy atom. The number of anilines is 1. The first-order chi connectivity index (χ1) is 14.2. The van der Waals surface area contributed by atoms with Gasteiger partial charge in [-0.05, 0) is 30.3 Å². The van der Waals surface area contributed by atoms with Crippen molar-refractivity contribution >= 4 is 39.2 Å². The standard InChI is InChI=1S/C20H23ClN2O6S/c1-4-23(5-2)30(26,27)18-12-14(10-11-15(18)21)20(25)29-13-19(24)22-16-8-6-7-9-17(16)28-3/h6-12H,4-5,13H2,1-3H3,(H,22,24). The van der Waals surface area contributed by atoms with Crippen molar-refractivity contribution in [3.8, 4) is 5.75 Å². The topological polar surface area (TPSA) is 102 Å². The number of para-hydroxylation sites is 2. The summed E-state index contributed by atoms with van der Waals surface area (Å²) in [4.78, 5) is 24.2. The van der Waals surface area contributed by atoms with E-state index < -0.39 is 28.5 Å². The molecule has 0 saturated heterocycles. The number of benzene rings is 2. The number of hydrogen-bond acceptors (Lipinski definition) is 6. The Kier molecular flexibility index (Phi) is 8.22. The highest BCUT2D eigenvalue weighted by Gasteiger charge is 2.26. The molecule has 8 nitrogen and oxygen atoms in total. The van der Waals surface area contributed by atoms with Crippen LogP contribution in [-0.2, 0) is 19.6 Å². The second kappa shape index (κ2) is 10.4. The zero-order valence-electron chi connectivity index (χ0n) is 16.8. The highest BCUT2D eigenvalue weighted by Crippen LogP contribution is 2.26. The van der Waals surface area contributed by atoms with Crippen molar-refractivity contribution in [3.63, 3.8) is 0 Å². The zero-order chi connectivity index (χ0) is 22.3. The van der Waals surface area contributed by atoms with Gasteiger partial charge in [-0.2, -0.15) is 4.31 Å². The summed E-state index contributed by atoms with van der Waals surface area (Å²) in [7, 11) is -2.40. The first-order valence-corrected chi connectivity index (χ1v) is 11.0. The molecule has 1 N–H and O–H groups in total. The third-order valence-corrected chi connectivity index (χ3v) is 6.74. The van der Waals surface area contributed by atoms with E-state index in [1.165, 1.54) is 23.5 Å². The van der Waals surface area contributed by atoms with Gasteiger partial charge >= 0.3 is 5.97 Å². The fourth-order valence-corrected chi connectivity index (χ4v) is 4.64. The van der Waals surface area contributed by atoms with Gasteiger partial charge in [0.1, 0.15) is 10.6 Å². The summed E-state index contributed by atoms with van der Waals surface area (Å²) in [5.74, 6) is -0.961. The minimum atomic E-state index is -3.87. The van der Waals surface area contributed by atoms with E-state index in [-0.39, 0.29) is 28.6 Å². The van der Waals surface area contributed by atoms with Crippen molar-refractivity contribution < 1.29 is 27.5 Å². The Balaban J connectivity index is 2.11. The molecule has 2 aromatic carbocycles. The molecule has 0 aliphatic heterocycles. The maximum atomic E-state index is 12.7. The molecule has 0 atom stereocenters. The van der Waals surface area contributed by atoms with E-state index in [0.717, 1.165) is 6.07 Å². The molecule has 10 heteroatoms. The quantitative estimate of drug-likeness (QED) is 0.584. The van der Waals surface area contributed by atoms with Crippen LogP contribution in [0.3, 0.4) is 0 Å². The summed E-state index contributed by atoms with van der Waals surface area (Å²) in [5, 5.41) is 2.57. The maximum Gasteiger partial charge on any atom is 0.338 e. The van der Waals surface area contributed by atoms with Gasteiger partial charge in [0.2, 0.25) is 10.0 Å². The average molecular weight is 455 g/mol. The summed E-state index contributed by atoms with van der Waals surface area (Å²) in [6, 6.07) is 10.6. The minimum absolute atomic E-state index is 0.00707. The number of ether oxygens (including phenoxy) is 2. The highest BCUT2D eigenvalue weighted by molar-refractivity contribution is 7.89. The molecule has 0 bridgehead atoms. The van der Waals surface area contributed by atoms with Crippen molar-refractivity contribution in [1.29, 1.82) is 0 Å². The second-order valence-electron chi connectivity index (χ2n) is 6.06. The van der Waals surface area contributed by atoms with Gasteiger partial charge in [0.25, 0.3) is 5.91 Å². The van der Waals surface area contributed by atoms with E-state index in [0.29, 0.717) is 11.4 Å². The zero-order valence-corrected chi connectivity index (χ0v) is 18.4. The lowest BCUT2D eigenvalue weighted by atomic mass is 10.2. The van der Waals surface area contributed by atoms with Crippen LogP contribution < -0.4 is 10.1 Å². The lowest BCUT2D eigenvalue weighted by Crippen LogP contribution is -2.31. The molecule has 0 unspecified atom stereocenters. The summed E-state index contributed by atoms with van der Waals surface area (Å²) >= 11 is 6.06. The predicted molar refractivity (Wildman–Crippen MR) is 113 cm³/mol. The molecule has 0 saturated carbocycles. The van der Waals surface area contributed by atoms with Crippen LogP contribution in [0, 0.1) is 0 Å². The number of nitrogens with zero attached hydrogens (tertiary/aromatic N) is 1. The lowest BCUT2D eigenvalue weighted by Gasteiger charge is -2.19. The van der Waals surface area contributed by atoms with Crippen LogP contribution in [0.2, 0.25) is 5.02 Å². The Morgan fingerprint density at radius 3 is 2.40 bits per heavy atom. The Labute approximate surface area is 180 Å². The fraction of sp³-hybridized carbons (Fsp3) is 0.300. The summed E-state index contributed by atoms with van der Waals surface area (Å²) < 4.78 is 36.8. The average Bonchev–Trinajstić information content (AvgIpc) is 2.73. The number of halogens is 1. The molecule has 0 aromatic heterocycles. The van der Waals surface area contributed by atoms with Gasteiger partial charge in [0.15, 0.2) is 6.61 Å². The van der Waals surface area contributed by atoms with Gasteiger partial charge in [0, 0.05) is 13.1 Å². The van der Waals surface area contributed by atoms with Crippen LogP contribution in [-0.4, -0.2) is 51.4 Å². The van der Waals surface area contributed by atoms with Crippen LogP contribution in [0.4, 0.5) is 5.69 Å². The summed E-state index contributed by atoms with van der Waals surface area (Å²) in [6.45, 7) is 3.36. The number of nitrogens with one attached hydrogen (secondary N) is 1. The normalized spacial score (nSPS) is 11.2. The molecular weight excluding hydrogens is 432 g/mol. The number of sulfonamides is 1. The Hall–Kier alpha value is -2.62. The molecule has 0 aliphatic rings. The van der Waals surface area contributed by atoms with E-state index in [1.54, 1.807) is 38.1 Å². The first-order valence-electron chi connectivity index (χ1n) is 9.14. The first kappa shape index (κ1) is 23.7. The largest absolute Gasteiger partial charge is 0.495 e. The molecule has 2 rings (SSSR count). The highest BCUT2D eigenvalue weighted by atomic mass is 35.5. The smallest absolute Gasteiger partial charge is 0.338 e. The third-order valence-electron chi connectivity index (χ3n) is 4.21. The maximum absolute atomic E-state index is 12.7. The SMILES string of the molecule is CCN(CC)S(=O)(=O)c1cc(C(=O)OCC(=O)Nc2ccccc2OC)ccc1Cl. The molecule has 0 aliphatic carbocycles. The predicted octanol–water partition coefficient (Wildman–Crippen LogP) is 3.17. The lowest BCUT2D eigenvalue weighted by molar-refractivity contribution is -0.119. The monoisotopic (exact) mass is 454 g/mol. The van der Waals surface area contributed by atoms with Crippen LogP contribution in [0.5, 0.6) is 5.75 Å². The number of esters is 1. The van der Waals surface area contributed by atoms with Crippen LogP contribution in [0.15, 0.2) is 47.4 Å². The number of carbonyl (C=O) groups excluding carboxylic acids is 2. The van der Waals surface area contributed by atoms with Crippen molar-refractivity contribution in [2.45, 2.75) is 18.7 Å². The fourth-order valence-electron chi connectivity index (χ4n) is 2.68. The number of hydrogen-bond donors (Lipinski definition) is 1. The van der Waals surface area contributed by atoms with Gasteiger partial charge in [-0.3, -0.25) is 4.79 Å². The summed E-state index contributed by atoms with van der Waals surface area (Å²) in [6.07, 6.45) is 0. The van der Waals surface area contributed by atoms with Crippen molar-refractivity contribution in [2.24, 2.45) is 0 Å². The molecule has 1 amide bonds. The van der Waals surface area contributed by atoms with Crippen molar-refractivity contribution in [1.82, 2.24) is 4.31 Å². The van der Waals surface area contributed by atoms with Gasteiger partial charge < -0.3 is 14.8 Å². The Bertz CT molecular complexity index is 1020. The molecule has 0 radical (unpaired) electrons. The molecule has 0 spiro atoms. The molecule has 0 heterocycles. The van der Waals surface area contributed by atoms with E-state index in [9.17, 15) is 18.0 Å². The van der Waals surface area contributed by atoms with E-state index >= 15 is 0 Å². The molecule has 2 aromatic rings. The van der Waals surface area contributed by atoms with Gasteiger partial charge in [-0.15, -0.1) is 0 Å². The number of methoxy groups -OCH3 is 1. The van der Waals surface area contributed by atoms with E-state index in [1.807, 2.05) is 0 Å². The molecular formula is C20H23ClN2O6S. The second-order valence-corrected chi connectivity index (χ2v) is 8.37. The van der Waals surface area contributed by atoms with Crippen LogP contribution >= 0.6 is 11.6 Å². The number of rotatable bonds is 9. The van der Waals surface area contributed by atoms with Crippen molar-refractivity contribution in [2.75, 3.05) is 32.1 Å². The van der Waals surface area contributed by atoms with Gasteiger partial charge in [-0.1, -0.05) is 37.6 Å². The third kappa shape index (κ3) is 5.50. The van der Waals surface area contributed by atoms with Crippen molar-refractivity contribution in [3.05, 3.63) is 53.1 Å². The molecule has 0 fully saturated rings. The van der Waals surface area contributed by atoms with Gasteiger partial charge in [0.05, 0.1) is 23.4 Å².